The van der Waals surface area contributed by atoms with E-state index in [9.17, 15) is 14.3 Å². The first-order chi connectivity index (χ1) is 23.5. The molecule has 7 rings (SSSR count). The lowest BCUT2D eigenvalue weighted by atomic mass is 9.87. The summed E-state index contributed by atoms with van der Waals surface area (Å²) in [5.41, 5.74) is 2.50. The van der Waals surface area contributed by atoms with Crippen molar-refractivity contribution in [2.24, 2.45) is 5.41 Å². The minimum atomic E-state index is -1.08. The van der Waals surface area contributed by atoms with Gasteiger partial charge in [-0.25, -0.2) is 32.6 Å². The molecule has 1 atom stereocenters. The number of aromatic carboxylic acids is 1. The lowest BCUT2D eigenvalue weighted by Gasteiger charge is -2.28. The third kappa shape index (κ3) is 6.24. The molecule has 1 unspecified atom stereocenters. The molecule has 13 heteroatoms. The number of aromatic nitrogens is 6. The van der Waals surface area contributed by atoms with Crippen molar-refractivity contribution in [2.75, 3.05) is 13.2 Å². The van der Waals surface area contributed by atoms with Crippen LogP contribution in [-0.4, -0.2) is 53.8 Å². The minimum absolute atomic E-state index is 0.0514. The zero-order chi connectivity index (χ0) is 34.4. The molecule has 4 heterocycles. The highest BCUT2D eigenvalue weighted by molar-refractivity contribution is 5.92. The Morgan fingerprint density at radius 1 is 1.00 bits per heavy atom. The Hall–Kier alpha value is -5.56. The summed E-state index contributed by atoms with van der Waals surface area (Å²) in [6.07, 6.45) is 1.63. The lowest BCUT2D eigenvalue weighted by Crippen LogP contribution is -2.27. The molecule has 49 heavy (non-hydrogen) atoms. The average molecular weight is 669 g/mol. The average Bonchev–Trinajstić information content (AvgIpc) is 3.76. The fourth-order valence-corrected chi connectivity index (χ4v) is 6.08. The second kappa shape index (κ2) is 12.5. The number of carboxylic acid groups (broad SMARTS) is 1. The summed E-state index contributed by atoms with van der Waals surface area (Å²) in [7, 11) is 0. The zero-order valence-electron chi connectivity index (χ0n) is 26.8. The van der Waals surface area contributed by atoms with Crippen molar-refractivity contribution in [2.45, 2.75) is 39.8 Å². The number of carbonyl (C=O) groups is 1. The predicted molar refractivity (Wildman–Crippen MR) is 173 cm³/mol. The number of benzene rings is 3. The van der Waals surface area contributed by atoms with Crippen LogP contribution in [0.4, 0.5) is 13.2 Å². The molecule has 1 fully saturated rings. The fourth-order valence-electron chi connectivity index (χ4n) is 6.08. The molecule has 1 aliphatic rings. The Labute approximate surface area is 278 Å². The number of ether oxygens (including phenoxy) is 2. The van der Waals surface area contributed by atoms with Gasteiger partial charge in [0.1, 0.15) is 29.9 Å². The van der Waals surface area contributed by atoms with Gasteiger partial charge in [0.25, 0.3) is 0 Å². The van der Waals surface area contributed by atoms with Crippen LogP contribution >= 0.6 is 0 Å². The fraction of sp³-hybridized carbons (Fsp3) is 0.250. The van der Waals surface area contributed by atoms with Gasteiger partial charge in [-0.1, -0.05) is 31.2 Å². The van der Waals surface area contributed by atoms with Gasteiger partial charge in [-0.2, -0.15) is 0 Å². The smallest absolute Gasteiger partial charge is 0.335 e. The second-order valence-electron chi connectivity index (χ2n) is 12.8. The Morgan fingerprint density at radius 3 is 2.53 bits per heavy atom. The van der Waals surface area contributed by atoms with E-state index < -0.39 is 23.4 Å². The number of halogens is 3. The number of hydrogen-bond donors (Lipinski definition) is 1. The van der Waals surface area contributed by atoms with Crippen molar-refractivity contribution in [3.05, 3.63) is 119 Å². The monoisotopic (exact) mass is 668 g/mol. The van der Waals surface area contributed by atoms with Crippen molar-refractivity contribution >= 4 is 17.0 Å². The number of pyridine rings is 1. The van der Waals surface area contributed by atoms with E-state index in [2.05, 4.69) is 15.3 Å². The van der Waals surface area contributed by atoms with Gasteiger partial charge in [0.15, 0.2) is 0 Å². The van der Waals surface area contributed by atoms with Gasteiger partial charge in [0, 0.05) is 35.1 Å². The second-order valence-corrected chi connectivity index (χ2v) is 12.8. The normalized spacial score (nSPS) is 15.6. The summed E-state index contributed by atoms with van der Waals surface area (Å²) in [4.78, 5) is 20.8. The summed E-state index contributed by atoms with van der Waals surface area (Å²) in [6.45, 7) is 6.55. The number of fused-ring (bicyclic) bond motifs is 1. The highest BCUT2D eigenvalue weighted by Gasteiger charge is 2.39. The standard InChI is InChI=1S/C36H31F3N6O4/c1-20-16-44(43-42-20)24-9-7-22(26(37)14-24)17-49-34-6-4-5-29(41-34)25-15-27(38)23(11-28(25)39)13-33-40-30-10-8-21(35(46)47)12-31(30)45(33)32-18-48-19-36(32,2)3/h4-12,14-16,32H,13,17-19H2,1-3H3,(H,46,47). The highest BCUT2D eigenvalue weighted by atomic mass is 19.1. The van der Waals surface area contributed by atoms with Gasteiger partial charge in [-0.05, 0) is 55.0 Å². The van der Waals surface area contributed by atoms with E-state index in [0.29, 0.717) is 41.5 Å². The van der Waals surface area contributed by atoms with Gasteiger partial charge in [-0.3, -0.25) is 0 Å². The predicted octanol–water partition coefficient (Wildman–Crippen LogP) is 6.87. The molecular formula is C36H31F3N6O4. The van der Waals surface area contributed by atoms with Gasteiger partial charge >= 0.3 is 5.97 Å². The van der Waals surface area contributed by atoms with Crippen LogP contribution in [-0.2, 0) is 17.8 Å². The van der Waals surface area contributed by atoms with Crippen molar-refractivity contribution in [3.8, 4) is 22.8 Å². The first kappa shape index (κ1) is 32.0. The number of hydrogen-bond acceptors (Lipinski definition) is 7. The van der Waals surface area contributed by atoms with E-state index in [1.807, 2.05) is 18.4 Å². The van der Waals surface area contributed by atoms with Gasteiger partial charge in [-0.15, -0.1) is 5.10 Å². The first-order valence-electron chi connectivity index (χ1n) is 15.5. The van der Waals surface area contributed by atoms with Gasteiger partial charge in [0.2, 0.25) is 5.88 Å². The molecule has 1 saturated heterocycles. The molecule has 0 aliphatic carbocycles. The highest BCUT2D eigenvalue weighted by Crippen LogP contribution is 2.40. The van der Waals surface area contributed by atoms with Crippen LogP contribution < -0.4 is 4.74 Å². The van der Waals surface area contributed by atoms with E-state index in [1.54, 1.807) is 49.5 Å². The van der Waals surface area contributed by atoms with E-state index in [-0.39, 0.29) is 58.3 Å². The van der Waals surface area contributed by atoms with Crippen molar-refractivity contribution in [3.63, 3.8) is 0 Å². The maximum atomic E-state index is 15.7. The molecule has 3 aromatic carbocycles. The van der Waals surface area contributed by atoms with E-state index in [0.717, 1.165) is 12.1 Å². The minimum Gasteiger partial charge on any atom is -0.478 e. The summed E-state index contributed by atoms with van der Waals surface area (Å²) in [6, 6.07) is 15.9. The Kier molecular flexibility index (Phi) is 8.15. The molecule has 0 radical (unpaired) electrons. The van der Waals surface area contributed by atoms with E-state index in [4.69, 9.17) is 14.5 Å². The number of aryl methyl sites for hydroxylation is 1. The maximum absolute atomic E-state index is 15.7. The molecule has 0 spiro atoms. The quantitative estimate of drug-likeness (QED) is 0.178. The number of rotatable bonds is 9. The van der Waals surface area contributed by atoms with Gasteiger partial charge < -0.3 is 19.1 Å². The third-order valence-electron chi connectivity index (χ3n) is 8.74. The first-order valence-corrected chi connectivity index (χ1v) is 15.5. The van der Waals surface area contributed by atoms with E-state index >= 15 is 8.78 Å². The van der Waals surface area contributed by atoms with Crippen molar-refractivity contribution in [1.82, 2.24) is 29.5 Å². The van der Waals surface area contributed by atoms with Crippen LogP contribution in [0.1, 0.15) is 52.9 Å². The lowest BCUT2D eigenvalue weighted by molar-refractivity contribution is 0.0697. The summed E-state index contributed by atoms with van der Waals surface area (Å²) in [5.74, 6) is -2.40. The van der Waals surface area contributed by atoms with Crippen LogP contribution in [0.25, 0.3) is 28.0 Å². The van der Waals surface area contributed by atoms with Crippen LogP contribution in [0, 0.1) is 29.8 Å². The van der Waals surface area contributed by atoms with Gasteiger partial charge in [0.05, 0.1) is 59.1 Å². The maximum Gasteiger partial charge on any atom is 0.335 e. The van der Waals surface area contributed by atoms with Crippen LogP contribution in [0.5, 0.6) is 5.88 Å². The number of imidazole rings is 1. The molecule has 0 amide bonds. The third-order valence-corrected chi connectivity index (χ3v) is 8.74. The Bertz CT molecular complexity index is 2230. The van der Waals surface area contributed by atoms with Crippen molar-refractivity contribution < 1.29 is 32.5 Å². The molecule has 250 valence electrons. The molecule has 10 nitrogen and oxygen atoms in total. The Morgan fingerprint density at radius 2 is 1.82 bits per heavy atom. The summed E-state index contributed by atoms with van der Waals surface area (Å²) in [5, 5.41) is 17.5. The molecule has 1 aliphatic heterocycles. The van der Waals surface area contributed by atoms with Crippen LogP contribution in [0.15, 0.2) is 72.9 Å². The molecule has 1 N–H and O–H groups in total. The Balaban J connectivity index is 1.14. The van der Waals surface area contributed by atoms with Crippen molar-refractivity contribution in [1.29, 1.82) is 0 Å². The molecule has 6 aromatic rings. The summed E-state index contributed by atoms with van der Waals surface area (Å²) >= 11 is 0. The summed E-state index contributed by atoms with van der Waals surface area (Å²) < 4.78 is 61.1. The largest absolute Gasteiger partial charge is 0.478 e. The SMILES string of the molecule is Cc1cn(-c2ccc(COc3cccc(-c4cc(F)c(Cc5nc6ccc(C(=O)O)cc6n5C5COCC5(C)C)cc4F)n3)c(F)c2)nn1. The molecule has 3 aromatic heterocycles. The number of nitrogens with zero attached hydrogens (tertiary/aromatic N) is 6. The van der Waals surface area contributed by atoms with E-state index in [1.165, 1.54) is 22.9 Å². The number of carboxylic acids is 1. The molecule has 0 bridgehead atoms. The van der Waals surface area contributed by atoms with Crippen LogP contribution in [0.2, 0.25) is 0 Å². The van der Waals surface area contributed by atoms with Crippen LogP contribution in [0.3, 0.4) is 0 Å². The molecule has 0 saturated carbocycles. The zero-order valence-corrected chi connectivity index (χ0v) is 26.8. The topological polar surface area (TPSA) is 117 Å². The molecular weight excluding hydrogens is 637 g/mol.